The highest BCUT2D eigenvalue weighted by Crippen LogP contribution is 2.35. The second-order valence-electron chi connectivity index (χ2n) is 3.65. The number of nitrogens with zero attached hydrogens (tertiary/aromatic N) is 1. The number of aliphatic hydroxyl groups excluding tert-OH is 1. The first-order valence-electron chi connectivity index (χ1n) is 4.99. The zero-order valence-electron chi connectivity index (χ0n) is 8.42. The van der Waals surface area contributed by atoms with Crippen molar-refractivity contribution >= 4 is 28.9 Å². The Hall–Kier alpha value is -1.65. The Morgan fingerprint density at radius 2 is 2.25 bits per heavy atom. The van der Waals surface area contributed by atoms with E-state index in [2.05, 4.69) is 9.69 Å². The second-order valence-corrected chi connectivity index (χ2v) is 4.31. The van der Waals surface area contributed by atoms with E-state index in [1.807, 2.05) is 35.7 Å². The minimum Gasteiger partial charge on any atom is -0.369 e. The molecule has 2 N–H and O–H groups in total. The number of aromatic nitrogens is 1. The van der Waals surface area contributed by atoms with Crippen molar-refractivity contribution in [3.05, 3.63) is 47.0 Å². The molecule has 0 radical (unpaired) electrons. The quantitative estimate of drug-likeness (QED) is 0.791. The molecule has 0 aliphatic carbocycles. The van der Waals surface area contributed by atoms with E-state index >= 15 is 0 Å². The zero-order chi connectivity index (χ0) is 11.0. The van der Waals surface area contributed by atoms with E-state index < -0.39 is 6.23 Å². The van der Waals surface area contributed by atoms with E-state index in [9.17, 15) is 5.11 Å². The molecule has 16 heavy (non-hydrogen) atoms. The SMILES string of the molecule is OC1Nc2ccccc2/C1=C/c1cnsc1. The van der Waals surface area contributed by atoms with Crippen LogP contribution in [-0.2, 0) is 0 Å². The van der Waals surface area contributed by atoms with E-state index in [1.54, 1.807) is 6.20 Å². The predicted octanol–water partition coefficient (Wildman–Crippen LogP) is 2.43. The van der Waals surface area contributed by atoms with Gasteiger partial charge in [0, 0.05) is 34.0 Å². The van der Waals surface area contributed by atoms with Gasteiger partial charge < -0.3 is 10.4 Å². The number of aliphatic hydroxyl groups is 1. The van der Waals surface area contributed by atoms with Crippen LogP contribution in [0, 0.1) is 0 Å². The van der Waals surface area contributed by atoms with Gasteiger partial charge in [0.2, 0.25) is 0 Å². The summed E-state index contributed by atoms with van der Waals surface area (Å²) in [6, 6.07) is 7.89. The van der Waals surface area contributed by atoms with Crippen LogP contribution in [0.4, 0.5) is 5.69 Å². The van der Waals surface area contributed by atoms with Gasteiger partial charge >= 0.3 is 0 Å². The summed E-state index contributed by atoms with van der Waals surface area (Å²) in [5.74, 6) is 0. The van der Waals surface area contributed by atoms with Gasteiger partial charge in [0.25, 0.3) is 0 Å². The van der Waals surface area contributed by atoms with E-state index in [4.69, 9.17) is 0 Å². The minimum absolute atomic E-state index is 0.628. The first kappa shape index (κ1) is 9.57. The maximum Gasteiger partial charge on any atom is 0.151 e. The highest BCUT2D eigenvalue weighted by atomic mass is 32.1. The first-order chi connectivity index (χ1) is 7.84. The third kappa shape index (κ3) is 1.52. The molecule has 2 aromatic rings. The molecule has 1 aliphatic rings. The summed E-state index contributed by atoms with van der Waals surface area (Å²) in [4.78, 5) is 0. The fourth-order valence-corrected chi connectivity index (χ4v) is 2.35. The van der Waals surface area contributed by atoms with Crippen LogP contribution in [0.25, 0.3) is 11.6 Å². The lowest BCUT2D eigenvalue weighted by molar-refractivity contribution is 0.266. The summed E-state index contributed by atoms with van der Waals surface area (Å²) < 4.78 is 4.04. The monoisotopic (exact) mass is 230 g/mol. The molecule has 4 heteroatoms. The van der Waals surface area contributed by atoms with Gasteiger partial charge in [-0.15, -0.1) is 0 Å². The van der Waals surface area contributed by atoms with Crippen LogP contribution in [0.15, 0.2) is 35.8 Å². The molecule has 0 fully saturated rings. The van der Waals surface area contributed by atoms with Crippen molar-refractivity contribution < 1.29 is 5.11 Å². The van der Waals surface area contributed by atoms with Crippen LogP contribution in [-0.4, -0.2) is 15.7 Å². The number of fused-ring (bicyclic) bond motifs is 1. The number of hydrogen-bond donors (Lipinski definition) is 2. The summed E-state index contributed by atoms with van der Waals surface area (Å²) in [5, 5.41) is 14.9. The van der Waals surface area contributed by atoms with Crippen molar-refractivity contribution in [2.75, 3.05) is 5.32 Å². The molecule has 3 rings (SSSR count). The maximum absolute atomic E-state index is 9.91. The van der Waals surface area contributed by atoms with Crippen LogP contribution >= 0.6 is 11.5 Å². The van der Waals surface area contributed by atoms with Crippen LogP contribution in [0.2, 0.25) is 0 Å². The number of benzene rings is 1. The molecule has 80 valence electrons. The van der Waals surface area contributed by atoms with Gasteiger partial charge in [-0.3, -0.25) is 0 Å². The Balaban J connectivity index is 2.08. The number of para-hydroxylation sites is 1. The molecule has 0 saturated carbocycles. The van der Waals surface area contributed by atoms with Crippen LogP contribution in [0.3, 0.4) is 0 Å². The van der Waals surface area contributed by atoms with Gasteiger partial charge in [0.05, 0.1) is 0 Å². The first-order valence-corrected chi connectivity index (χ1v) is 5.83. The third-order valence-corrected chi connectivity index (χ3v) is 3.20. The zero-order valence-corrected chi connectivity index (χ0v) is 9.24. The van der Waals surface area contributed by atoms with Gasteiger partial charge in [-0.05, 0) is 23.7 Å². The summed E-state index contributed by atoms with van der Waals surface area (Å²) >= 11 is 1.41. The highest BCUT2D eigenvalue weighted by molar-refractivity contribution is 7.03. The van der Waals surface area contributed by atoms with Crippen LogP contribution in [0.1, 0.15) is 11.1 Å². The van der Waals surface area contributed by atoms with Gasteiger partial charge in [-0.25, -0.2) is 4.37 Å². The van der Waals surface area contributed by atoms with Crippen LogP contribution < -0.4 is 5.32 Å². The molecule has 0 amide bonds. The Labute approximate surface area is 97.2 Å². The molecule has 0 saturated heterocycles. The van der Waals surface area contributed by atoms with E-state index in [1.165, 1.54) is 11.5 Å². The molecule has 1 unspecified atom stereocenters. The Bertz CT molecular complexity index is 534. The van der Waals surface area contributed by atoms with E-state index in [-0.39, 0.29) is 0 Å². The lowest BCUT2D eigenvalue weighted by Crippen LogP contribution is -2.12. The summed E-state index contributed by atoms with van der Waals surface area (Å²) in [5.41, 5.74) is 3.96. The minimum atomic E-state index is -0.628. The number of hydrogen-bond acceptors (Lipinski definition) is 4. The van der Waals surface area contributed by atoms with Gasteiger partial charge in [0.1, 0.15) is 0 Å². The molecule has 0 spiro atoms. The summed E-state index contributed by atoms with van der Waals surface area (Å²) in [7, 11) is 0. The maximum atomic E-state index is 9.91. The van der Waals surface area contributed by atoms with Crippen molar-refractivity contribution in [3.63, 3.8) is 0 Å². The summed E-state index contributed by atoms with van der Waals surface area (Å²) in [6.07, 6.45) is 3.13. The van der Waals surface area contributed by atoms with Crippen molar-refractivity contribution in [2.24, 2.45) is 0 Å². The van der Waals surface area contributed by atoms with Gasteiger partial charge in [-0.2, -0.15) is 0 Å². The van der Waals surface area contributed by atoms with E-state index in [0.717, 1.165) is 22.4 Å². The third-order valence-electron chi connectivity index (χ3n) is 2.60. The average molecular weight is 230 g/mol. The van der Waals surface area contributed by atoms with Crippen LogP contribution in [0.5, 0.6) is 0 Å². The fraction of sp³-hybridized carbons (Fsp3) is 0.0833. The fourth-order valence-electron chi connectivity index (χ4n) is 1.85. The van der Waals surface area contributed by atoms with Crippen molar-refractivity contribution in [1.82, 2.24) is 4.37 Å². The molecular formula is C12H10N2OS. The predicted molar refractivity (Wildman–Crippen MR) is 66.1 cm³/mol. The molecule has 1 atom stereocenters. The van der Waals surface area contributed by atoms with Crippen molar-refractivity contribution in [3.8, 4) is 0 Å². The largest absolute Gasteiger partial charge is 0.369 e. The second kappa shape index (κ2) is 3.73. The lowest BCUT2D eigenvalue weighted by atomic mass is 10.1. The normalized spacial score (nSPS) is 20.8. The Morgan fingerprint density at radius 3 is 3.06 bits per heavy atom. The topological polar surface area (TPSA) is 45.1 Å². The molecule has 0 bridgehead atoms. The molecular weight excluding hydrogens is 220 g/mol. The van der Waals surface area contributed by atoms with Crippen molar-refractivity contribution in [2.45, 2.75) is 6.23 Å². The number of anilines is 1. The Kier molecular flexibility index (Phi) is 2.23. The highest BCUT2D eigenvalue weighted by Gasteiger charge is 2.23. The summed E-state index contributed by atoms with van der Waals surface area (Å²) in [6.45, 7) is 0. The standard InChI is InChI=1S/C12H10N2OS/c15-12-10(5-8-6-13-16-7-8)9-3-1-2-4-11(9)14-12/h1-7,12,14-15H/b10-5-. The van der Waals surface area contributed by atoms with Gasteiger partial charge in [0.15, 0.2) is 6.23 Å². The number of nitrogens with one attached hydrogen (secondary N) is 1. The van der Waals surface area contributed by atoms with E-state index in [0.29, 0.717) is 0 Å². The molecule has 1 aromatic heterocycles. The van der Waals surface area contributed by atoms with Crippen molar-refractivity contribution in [1.29, 1.82) is 0 Å². The molecule has 1 aromatic carbocycles. The molecule has 3 nitrogen and oxygen atoms in total. The average Bonchev–Trinajstić information content (AvgIpc) is 2.89. The number of rotatable bonds is 1. The lowest BCUT2D eigenvalue weighted by Gasteiger charge is -2.04. The molecule has 1 aliphatic heterocycles. The van der Waals surface area contributed by atoms with Gasteiger partial charge in [-0.1, -0.05) is 18.2 Å². The molecule has 2 heterocycles. The Morgan fingerprint density at radius 1 is 1.38 bits per heavy atom. The smallest absolute Gasteiger partial charge is 0.151 e.